The number of thiophene rings is 1. The maximum atomic E-state index is 5.61. The van der Waals surface area contributed by atoms with Crippen molar-refractivity contribution in [3.8, 4) is 0 Å². The summed E-state index contributed by atoms with van der Waals surface area (Å²) in [6.07, 6.45) is 1.11. The minimum absolute atomic E-state index is 0.260. The highest BCUT2D eigenvalue weighted by Gasteiger charge is 2.10. The molecule has 0 aliphatic heterocycles. The van der Waals surface area contributed by atoms with Gasteiger partial charge in [-0.3, -0.25) is 0 Å². The van der Waals surface area contributed by atoms with Crippen molar-refractivity contribution in [1.29, 1.82) is 0 Å². The van der Waals surface area contributed by atoms with E-state index in [0.29, 0.717) is 0 Å². The monoisotopic (exact) mass is 249 g/mol. The molecule has 2 aromatic heterocycles. The van der Waals surface area contributed by atoms with E-state index in [1.54, 1.807) is 0 Å². The Hall–Kier alpha value is -1.06. The van der Waals surface area contributed by atoms with Gasteiger partial charge in [-0.05, 0) is 49.4 Å². The van der Waals surface area contributed by atoms with Gasteiger partial charge in [-0.1, -0.05) is 6.92 Å². The Kier molecular flexibility index (Phi) is 4.02. The van der Waals surface area contributed by atoms with E-state index in [2.05, 4.69) is 30.6 Å². The quantitative estimate of drug-likeness (QED) is 0.864. The molecule has 2 heterocycles. The summed E-state index contributed by atoms with van der Waals surface area (Å²) < 4.78 is 5.61. The predicted molar refractivity (Wildman–Crippen MR) is 72.4 cm³/mol. The summed E-state index contributed by atoms with van der Waals surface area (Å²) >= 11 is 1.82. The van der Waals surface area contributed by atoms with Crippen LogP contribution in [0.4, 0.5) is 0 Å². The van der Waals surface area contributed by atoms with Gasteiger partial charge in [-0.2, -0.15) is 0 Å². The van der Waals surface area contributed by atoms with E-state index in [9.17, 15) is 0 Å². The fraction of sp³-hybridized carbons (Fsp3) is 0.429. The van der Waals surface area contributed by atoms with Crippen LogP contribution in [-0.2, 0) is 13.0 Å². The van der Waals surface area contributed by atoms with Gasteiger partial charge in [0.25, 0.3) is 0 Å². The first-order chi connectivity index (χ1) is 8.20. The number of nitrogens with one attached hydrogen (secondary N) is 1. The molecule has 1 N–H and O–H groups in total. The van der Waals surface area contributed by atoms with E-state index in [1.807, 2.05) is 30.4 Å². The fourth-order valence-electron chi connectivity index (χ4n) is 1.87. The van der Waals surface area contributed by atoms with Gasteiger partial charge in [0.15, 0.2) is 0 Å². The Morgan fingerprint density at radius 3 is 2.82 bits per heavy atom. The third-order valence-corrected chi connectivity index (χ3v) is 3.94. The average Bonchev–Trinajstić information content (AvgIpc) is 2.94. The highest BCUT2D eigenvalue weighted by atomic mass is 32.1. The summed E-state index contributed by atoms with van der Waals surface area (Å²) in [6, 6.07) is 6.53. The first-order valence-electron chi connectivity index (χ1n) is 6.05. The van der Waals surface area contributed by atoms with Gasteiger partial charge in [0, 0.05) is 11.4 Å². The molecule has 3 heteroatoms. The van der Waals surface area contributed by atoms with Gasteiger partial charge < -0.3 is 9.73 Å². The van der Waals surface area contributed by atoms with Crippen LogP contribution >= 0.6 is 11.3 Å². The molecule has 0 radical (unpaired) electrons. The predicted octanol–water partition coefficient (Wildman–Crippen LogP) is 4.06. The van der Waals surface area contributed by atoms with Crippen molar-refractivity contribution in [3.05, 3.63) is 45.5 Å². The molecule has 0 spiro atoms. The van der Waals surface area contributed by atoms with Crippen LogP contribution in [-0.4, -0.2) is 0 Å². The minimum Gasteiger partial charge on any atom is -0.465 e. The molecule has 0 saturated heterocycles. The van der Waals surface area contributed by atoms with Crippen molar-refractivity contribution >= 4 is 11.3 Å². The first-order valence-corrected chi connectivity index (χ1v) is 6.93. The van der Waals surface area contributed by atoms with Gasteiger partial charge >= 0.3 is 0 Å². The second kappa shape index (κ2) is 5.52. The highest BCUT2D eigenvalue weighted by Crippen LogP contribution is 2.20. The van der Waals surface area contributed by atoms with Gasteiger partial charge in [-0.25, -0.2) is 0 Å². The summed E-state index contributed by atoms with van der Waals surface area (Å²) in [7, 11) is 0. The molecule has 2 nitrogen and oxygen atoms in total. The Balaban J connectivity index is 1.94. The molecule has 0 aromatic carbocycles. The molecular weight excluding hydrogens is 230 g/mol. The zero-order valence-corrected chi connectivity index (χ0v) is 11.4. The molecule has 1 unspecified atom stereocenters. The van der Waals surface area contributed by atoms with Gasteiger partial charge in [0.1, 0.15) is 11.5 Å². The number of hydrogen-bond donors (Lipinski definition) is 1. The minimum atomic E-state index is 0.260. The Morgan fingerprint density at radius 1 is 1.35 bits per heavy atom. The smallest absolute Gasteiger partial charge is 0.120 e. The summed E-state index contributed by atoms with van der Waals surface area (Å²) in [5.74, 6) is 1.98. The van der Waals surface area contributed by atoms with Crippen molar-refractivity contribution < 1.29 is 4.42 Å². The van der Waals surface area contributed by atoms with Gasteiger partial charge in [0.2, 0.25) is 0 Å². The first kappa shape index (κ1) is 12.4. The van der Waals surface area contributed by atoms with Crippen LogP contribution in [0.25, 0.3) is 0 Å². The lowest BCUT2D eigenvalue weighted by Crippen LogP contribution is -2.17. The van der Waals surface area contributed by atoms with Crippen LogP contribution < -0.4 is 5.32 Å². The van der Waals surface area contributed by atoms with Crippen LogP contribution in [0.1, 0.15) is 41.9 Å². The lowest BCUT2D eigenvalue weighted by Gasteiger charge is -2.11. The molecule has 17 heavy (non-hydrogen) atoms. The standard InChI is InChI=1S/C14H19NOS/c1-4-12-7-8-17-14(12)9-15-11(3)13-6-5-10(2)16-13/h5-8,11,15H,4,9H2,1-3H3. The second-order valence-corrected chi connectivity index (χ2v) is 5.27. The Bertz CT molecular complexity index is 472. The molecule has 0 aliphatic carbocycles. The summed E-state index contributed by atoms with van der Waals surface area (Å²) in [5, 5.41) is 5.67. The van der Waals surface area contributed by atoms with E-state index in [4.69, 9.17) is 4.42 Å². The summed E-state index contributed by atoms with van der Waals surface area (Å²) in [6.45, 7) is 7.23. The van der Waals surface area contributed by atoms with E-state index >= 15 is 0 Å². The SMILES string of the molecule is CCc1ccsc1CNC(C)c1ccc(C)o1. The number of rotatable bonds is 5. The molecule has 0 fully saturated rings. The Labute approximate surface area is 107 Å². The van der Waals surface area contributed by atoms with Crippen LogP contribution in [0.2, 0.25) is 0 Å². The van der Waals surface area contributed by atoms with E-state index in [1.165, 1.54) is 10.4 Å². The molecule has 0 amide bonds. The van der Waals surface area contributed by atoms with E-state index < -0.39 is 0 Å². The molecule has 0 aliphatic rings. The molecule has 92 valence electrons. The molecule has 2 aromatic rings. The molecule has 1 atom stereocenters. The molecule has 0 saturated carbocycles. The van der Waals surface area contributed by atoms with Gasteiger partial charge in [0.05, 0.1) is 6.04 Å². The third kappa shape index (κ3) is 2.99. The zero-order chi connectivity index (χ0) is 12.3. The van der Waals surface area contributed by atoms with Crippen LogP contribution in [0.3, 0.4) is 0 Å². The normalized spacial score (nSPS) is 12.9. The van der Waals surface area contributed by atoms with Crippen molar-refractivity contribution in [1.82, 2.24) is 5.32 Å². The lowest BCUT2D eigenvalue weighted by atomic mass is 10.2. The zero-order valence-electron chi connectivity index (χ0n) is 10.6. The Morgan fingerprint density at radius 2 is 2.18 bits per heavy atom. The number of furan rings is 1. The van der Waals surface area contributed by atoms with Crippen LogP contribution in [0.15, 0.2) is 28.0 Å². The molecular formula is C14H19NOS. The van der Waals surface area contributed by atoms with Crippen molar-refractivity contribution in [3.63, 3.8) is 0 Å². The average molecular weight is 249 g/mol. The number of aryl methyl sites for hydroxylation is 2. The molecule has 2 rings (SSSR count). The molecule has 0 bridgehead atoms. The van der Waals surface area contributed by atoms with Crippen LogP contribution in [0.5, 0.6) is 0 Å². The van der Waals surface area contributed by atoms with Crippen molar-refractivity contribution in [2.75, 3.05) is 0 Å². The van der Waals surface area contributed by atoms with Crippen LogP contribution in [0, 0.1) is 6.92 Å². The van der Waals surface area contributed by atoms with E-state index in [-0.39, 0.29) is 6.04 Å². The summed E-state index contributed by atoms with van der Waals surface area (Å²) in [4.78, 5) is 1.43. The van der Waals surface area contributed by atoms with Gasteiger partial charge in [-0.15, -0.1) is 11.3 Å². The summed E-state index contributed by atoms with van der Waals surface area (Å²) in [5.41, 5.74) is 1.45. The number of hydrogen-bond acceptors (Lipinski definition) is 3. The maximum absolute atomic E-state index is 5.61. The maximum Gasteiger partial charge on any atom is 0.120 e. The third-order valence-electron chi connectivity index (χ3n) is 2.98. The lowest BCUT2D eigenvalue weighted by molar-refractivity contribution is 0.416. The fourth-order valence-corrected chi connectivity index (χ4v) is 2.80. The highest BCUT2D eigenvalue weighted by molar-refractivity contribution is 7.10. The second-order valence-electron chi connectivity index (χ2n) is 4.27. The topological polar surface area (TPSA) is 25.2 Å². The van der Waals surface area contributed by atoms with E-state index in [0.717, 1.165) is 24.5 Å². The largest absolute Gasteiger partial charge is 0.465 e. The van der Waals surface area contributed by atoms with Crippen molar-refractivity contribution in [2.45, 2.75) is 39.8 Å². The van der Waals surface area contributed by atoms with Crippen molar-refractivity contribution in [2.24, 2.45) is 0 Å².